The predicted molar refractivity (Wildman–Crippen MR) is 81.7 cm³/mol. The summed E-state index contributed by atoms with van der Waals surface area (Å²) in [5, 5.41) is 8.07. The zero-order chi connectivity index (χ0) is 14.6. The molecule has 1 N–H and O–H groups in total. The van der Waals surface area contributed by atoms with Gasteiger partial charge in [-0.1, -0.05) is 13.8 Å². The van der Waals surface area contributed by atoms with Gasteiger partial charge in [-0.3, -0.25) is 4.68 Å². The van der Waals surface area contributed by atoms with Crippen LogP contribution in [0.3, 0.4) is 0 Å². The third-order valence-electron chi connectivity index (χ3n) is 4.56. The van der Waals surface area contributed by atoms with Crippen molar-refractivity contribution in [2.24, 2.45) is 0 Å². The lowest BCUT2D eigenvalue weighted by Gasteiger charge is -2.40. The quantitative estimate of drug-likeness (QED) is 0.868. The zero-order valence-electron chi connectivity index (χ0n) is 13.4. The van der Waals surface area contributed by atoms with Crippen LogP contribution in [0.15, 0.2) is 12.4 Å². The molecule has 1 atom stereocenters. The topological polar surface area (TPSA) is 39.1 Å². The van der Waals surface area contributed by atoms with E-state index in [1.54, 1.807) is 0 Å². The molecule has 20 heavy (non-hydrogen) atoms. The zero-order valence-corrected chi connectivity index (χ0v) is 13.4. The molecule has 0 saturated carbocycles. The van der Waals surface area contributed by atoms with Crippen LogP contribution in [0, 0.1) is 0 Å². The van der Waals surface area contributed by atoms with E-state index >= 15 is 0 Å². The summed E-state index contributed by atoms with van der Waals surface area (Å²) in [6.07, 6.45) is 8.56. The van der Waals surface area contributed by atoms with E-state index in [-0.39, 0.29) is 5.60 Å². The average molecular weight is 279 g/mol. The fourth-order valence-corrected chi connectivity index (χ4v) is 2.96. The molecule has 1 aromatic rings. The first-order valence-electron chi connectivity index (χ1n) is 7.99. The lowest BCUT2D eigenvalue weighted by molar-refractivity contribution is -0.0932. The smallest absolute Gasteiger partial charge is 0.0692 e. The van der Waals surface area contributed by atoms with E-state index in [4.69, 9.17) is 4.74 Å². The van der Waals surface area contributed by atoms with Gasteiger partial charge in [0, 0.05) is 37.0 Å². The summed E-state index contributed by atoms with van der Waals surface area (Å²) in [6.45, 7) is 10.6. The normalized spacial score (nSPS) is 22.4. The van der Waals surface area contributed by atoms with Crippen molar-refractivity contribution in [1.29, 1.82) is 0 Å². The largest absolute Gasteiger partial charge is 0.375 e. The van der Waals surface area contributed by atoms with E-state index in [9.17, 15) is 0 Å². The van der Waals surface area contributed by atoms with E-state index in [2.05, 4.69) is 44.3 Å². The minimum atomic E-state index is 0.0953. The summed E-state index contributed by atoms with van der Waals surface area (Å²) < 4.78 is 8.04. The van der Waals surface area contributed by atoms with Crippen molar-refractivity contribution in [3.05, 3.63) is 18.0 Å². The molecule has 2 rings (SSSR count). The van der Waals surface area contributed by atoms with Gasteiger partial charge in [0.05, 0.1) is 11.8 Å². The molecule has 1 saturated heterocycles. The first-order chi connectivity index (χ1) is 9.58. The van der Waals surface area contributed by atoms with Crippen LogP contribution in [-0.2, 0) is 11.3 Å². The third kappa shape index (κ3) is 3.61. The maximum atomic E-state index is 6.03. The van der Waals surface area contributed by atoms with E-state index in [0.29, 0.717) is 12.1 Å². The monoisotopic (exact) mass is 279 g/mol. The number of hydrogen-bond donors (Lipinski definition) is 1. The number of aromatic nitrogens is 2. The van der Waals surface area contributed by atoms with Gasteiger partial charge in [0.2, 0.25) is 0 Å². The number of nitrogens with zero attached hydrogens (tertiary/aromatic N) is 2. The summed E-state index contributed by atoms with van der Waals surface area (Å²) in [5.41, 5.74) is 1.36. The molecule has 1 aliphatic rings. The molecule has 0 bridgehead atoms. The standard InChI is InChI=1S/C16H29N3O/c1-5-16(6-2)9-15(7-8-20-16)17-10-14-11-18-19(12-14)13(3)4/h11-13,15,17H,5-10H2,1-4H3. The van der Waals surface area contributed by atoms with Crippen LogP contribution in [0.25, 0.3) is 0 Å². The maximum Gasteiger partial charge on any atom is 0.0692 e. The lowest BCUT2D eigenvalue weighted by Crippen LogP contribution is -2.46. The van der Waals surface area contributed by atoms with E-state index in [0.717, 1.165) is 38.8 Å². The number of hydrogen-bond acceptors (Lipinski definition) is 3. The van der Waals surface area contributed by atoms with Gasteiger partial charge in [-0.15, -0.1) is 0 Å². The van der Waals surface area contributed by atoms with Crippen LogP contribution in [0.1, 0.15) is 65.0 Å². The highest BCUT2D eigenvalue weighted by molar-refractivity contribution is 5.04. The molecule has 0 spiro atoms. The Morgan fingerprint density at radius 3 is 2.80 bits per heavy atom. The summed E-state index contributed by atoms with van der Waals surface area (Å²) >= 11 is 0. The highest BCUT2D eigenvalue weighted by atomic mass is 16.5. The van der Waals surface area contributed by atoms with Crippen LogP contribution >= 0.6 is 0 Å². The van der Waals surface area contributed by atoms with E-state index in [1.165, 1.54) is 5.56 Å². The molecule has 0 aromatic carbocycles. The first kappa shape index (κ1) is 15.5. The Morgan fingerprint density at radius 1 is 1.45 bits per heavy atom. The van der Waals surface area contributed by atoms with Crippen molar-refractivity contribution in [3.8, 4) is 0 Å². The summed E-state index contributed by atoms with van der Waals surface area (Å²) in [7, 11) is 0. The second-order valence-electron chi connectivity index (χ2n) is 6.23. The van der Waals surface area contributed by atoms with E-state index in [1.807, 2.05) is 10.9 Å². The Hall–Kier alpha value is -0.870. The Balaban J connectivity index is 1.86. The number of ether oxygens (including phenoxy) is 1. The Kier molecular flexibility index (Phi) is 5.22. The van der Waals surface area contributed by atoms with Crippen molar-refractivity contribution in [3.63, 3.8) is 0 Å². The summed E-state index contributed by atoms with van der Waals surface area (Å²) in [6, 6.07) is 0.991. The van der Waals surface area contributed by atoms with Gasteiger partial charge in [0.15, 0.2) is 0 Å². The first-order valence-corrected chi connectivity index (χ1v) is 7.99. The predicted octanol–water partition coefficient (Wildman–Crippen LogP) is 3.29. The van der Waals surface area contributed by atoms with Crippen LogP contribution in [0.5, 0.6) is 0 Å². The molecule has 2 heterocycles. The highest BCUT2D eigenvalue weighted by Crippen LogP contribution is 2.31. The Labute approximate surface area is 122 Å². The van der Waals surface area contributed by atoms with Gasteiger partial charge in [-0.2, -0.15) is 5.10 Å². The molecule has 0 aliphatic carbocycles. The number of nitrogens with one attached hydrogen (secondary N) is 1. The van der Waals surface area contributed by atoms with Crippen LogP contribution in [0.4, 0.5) is 0 Å². The molecular weight excluding hydrogens is 250 g/mol. The SMILES string of the molecule is CCC1(CC)CC(NCc2cnn(C(C)C)c2)CCO1. The van der Waals surface area contributed by atoms with Gasteiger partial charge in [-0.25, -0.2) is 0 Å². The van der Waals surface area contributed by atoms with Crippen molar-refractivity contribution >= 4 is 0 Å². The third-order valence-corrected chi connectivity index (χ3v) is 4.56. The fourth-order valence-electron chi connectivity index (χ4n) is 2.96. The maximum absolute atomic E-state index is 6.03. The Morgan fingerprint density at radius 2 is 2.20 bits per heavy atom. The van der Waals surface area contributed by atoms with Gasteiger partial charge >= 0.3 is 0 Å². The van der Waals surface area contributed by atoms with E-state index < -0.39 is 0 Å². The van der Waals surface area contributed by atoms with Crippen LogP contribution < -0.4 is 5.32 Å². The molecule has 1 aliphatic heterocycles. The molecule has 0 radical (unpaired) electrons. The molecular formula is C16H29N3O. The van der Waals surface area contributed by atoms with Crippen LogP contribution in [0.2, 0.25) is 0 Å². The number of rotatable bonds is 6. The van der Waals surface area contributed by atoms with Crippen molar-refractivity contribution in [1.82, 2.24) is 15.1 Å². The summed E-state index contributed by atoms with van der Waals surface area (Å²) in [4.78, 5) is 0. The van der Waals surface area contributed by atoms with Gasteiger partial charge in [0.1, 0.15) is 0 Å². The Bertz CT molecular complexity index is 410. The van der Waals surface area contributed by atoms with Crippen molar-refractivity contribution < 1.29 is 4.74 Å². The van der Waals surface area contributed by atoms with Gasteiger partial charge < -0.3 is 10.1 Å². The van der Waals surface area contributed by atoms with Gasteiger partial charge in [0.25, 0.3) is 0 Å². The van der Waals surface area contributed by atoms with Crippen LogP contribution in [-0.4, -0.2) is 28.0 Å². The van der Waals surface area contributed by atoms with Crippen molar-refractivity contribution in [2.45, 2.75) is 77.6 Å². The second-order valence-corrected chi connectivity index (χ2v) is 6.23. The lowest BCUT2D eigenvalue weighted by atomic mass is 9.86. The van der Waals surface area contributed by atoms with Crippen molar-refractivity contribution in [2.75, 3.05) is 6.61 Å². The molecule has 4 heteroatoms. The molecule has 4 nitrogen and oxygen atoms in total. The highest BCUT2D eigenvalue weighted by Gasteiger charge is 2.34. The summed E-state index contributed by atoms with van der Waals surface area (Å²) in [5.74, 6) is 0. The molecule has 0 amide bonds. The fraction of sp³-hybridized carbons (Fsp3) is 0.812. The minimum absolute atomic E-state index is 0.0953. The molecule has 1 unspecified atom stereocenters. The molecule has 1 fully saturated rings. The van der Waals surface area contributed by atoms with Gasteiger partial charge in [-0.05, 0) is 39.5 Å². The molecule has 114 valence electrons. The second kappa shape index (κ2) is 6.72. The minimum Gasteiger partial charge on any atom is -0.375 e. The average Bonchev–Trinajstić information content (AvgIpc) is 2.94. The molecule has 1 aromatic heterocycles.